The molecule has 1 heterocycles. The van der Waals surface area contributed by atoms with E-state index in [1.165, 1.54) is 23.8 Å². The lowest BCUT2D eigenvalue weighted by Crippen LogP contribution is -2.54. The highest BCUT2D eigenvalue weighted by Crippen LogP contribution is 2.25. The molecule has 190 valence electrons. The van der Waals surface area contributed by atoms with Gasteiger partial charge in [0.25, 0.3) is 11.8 Å². The molecule has 0 bridgehead atoms. The molecule has 0 aliphatic carbocycles. The highest BCUT2D eigenvalue weighted by atomic mass is 35.5. The van der Waals surface area contributed by atoms with Crippen LogP contribution < -0.4 is 19.7 Å². The quantitative estimate of drug-likeness (QED) is 0.244. The van der Waals surface area contributed by atoms with E-state index in [-0.39, 0.29) is 11.0 Å². The Bertz CT molecular complexity index is 1320. The number of nitrogens with zero attached hydrogens (tertiary/aromatic N) is 1. The molecule has 1 N–H and O–H groups in total. The molecular weight excluding hydrogens is 492 g/mol. The van der Waals surface area contributed by atoms with Crippen molar-refractivity contribution in [2.45, 2.75) is 26.2 Å². The molecule has 0 radical (unpaired) electrons. The van der Waals surface area contributed by atoms with E-state index >= 15 is 0 Å². The summed E-state index contributed by atoms with van der Waals surface area (Å²) in [5.74, 6) is -0.0800. The lowest BCUT2D eigenvalue weighted by molar-refractivity contribution is -0.122. The maximum Gasteiger partial charge on any atom is 0.335 e. The molecule has 0 atom stereocenters. The largest absolute Gasteiger partial charge is 0.490 e. The zero-order chi connectivity index (χ0) is 26.6. The molecule has 3 aromatic carbocycles. The summed E-state index contributed by atoms with van der Waals surface area (Å²) in [6.07, 6.45) is 1.43. The van der Waals surface area contributed by atoms with E-state index in [4.69, 9.17) is 21.1 Å². The number of halogens is 1. The van der Waals surface area contributed by atoms with E-state index < -0.39 is 17.8 Å². The number of amides is 4. The number of carbonyl (C=O) groups is 3. The highest BCUT2D eigenvalue weighted by molar-refractivity contribution is 6.39. The first kappa shape index (κ1) is 26.0. The number of nitrogens with one attached hydrogen (secondary N) is 1. The first-order chi connectivity index (χ1) is 17.6. The molecule has 0 spiro atoms. The van der Waals surface area contributed by atoms with E-state index in [1.54, 1.807) is 36.4 Å². The average Bonchev–Trinajstić information content (AvgIpc) is 2.86. The first-order valence-corrected chi connectivity index (χ1v) is 12.1. The zero-order valence-corrected chi connectivity index (χ0v) is 21.5. The summed E-state index contributed by atoms with van der Waals surface area (Å²) in [6, 6.07) is 20.3. The summed E-state index contributed by atoms with van der Waals surface area (Å²) in [7, 11) is 0. The van der Waals surface area contributed by atoms with Gasteiger partial charge < -0.3 is 9.47 Å². The molecule has 0 aromatic heterocycles. The summed E-state index contributed by atoms with van der Waals surface area (Å²) in [4.78, 5) is 38.5. The number of barbiturate groups is 1. The van der Waals surface area contributed by atoms with Gasteiger partial charge in [-0.15, -0.1) is 0 Å². The molecule has 1 aliphatic heterocycles. The second kappa shape index (κ2) is 10.9. The van der Waals surface area contributed by atoms with Crippen LogP contribution in [0.4, 0.5) is 10.5 Å². The second-order valence-electron chi connectivity index (χ2n) is 9.47. The lowest BCUT2D eigenvalue weighted by atomic mass is 9.87. The molecule has 1 fully saturated rings. The normalized spacial score (nSPS) is 15.1. The molecule has 4 amide bonds. The molecule has 1 saturated heterocycles. The van der Waals surface area contributed by atoms with Crippen molar-refractivity contribution >= 4 is 41.2 Å². The monoisotopic (exact) mass is 518 g/mol. The summed E-state index contributed by atoms with van der Waals surface area (Å²) < 4.78 is 11.5. The molecule has 4 rings (SSSR count). The number of carbonyl (C=O) groups excluding carboxylic acids is 3. The molecule has 0 saturated carbocycles. The molecule has 37 heavy (non-hydrogen) atoms. The van der Waals surface area contributed by atoms with Crippen molar-refractivity contribution in [2.75, 3.05) is 18.1 Å². The third-order valence-corrected chi connectivity index (χ3v) is 5.97. The van der Waals surface area contributed by atoms with Crippen LogP contribution in [-0.2, 0) is 15.0 Å². The van der Waals surface area contributed by atoms with Gasteiger partial charge in [-0.2, -0.15) is 0 Å². The Kier molecular flexibility index (Phi) is 7.64. The van der Waals surface area contributed by atoms with Gasteiger partial charge in [0.15, 0.2) is 0 Å². The van der Waals surface area contributed by atoms with Crippen LogP contribution in [0.2, 0.25) is 5.02 Å². The number of benzene rings is 3. The Balaban J connectivity index is 1.35. The van der Waals surface area contributed by atoms with E-state index in [9.17, 15) is 14.4 Å². The smallest absolute Gasteiger partial charge is 0.335 e. The fourth-order valence-electron chi connectivity index (χ4n) is 3.68. The highest BCUT2D eigenvalue weighted by Gasteiger charge is 2.36. The van der Waals surface area contributed by atoms with Crippen molar-refractivity contribution in [2.24, 2.45) is 0 Å². The molecular formula is C29H27ClN2O5. The Morgan fingerprint density at radius 3 is 1.89 bits per heavy atom. The van der Waals surface area contributed by atoms with E-state index in [2.05, 4.69) is 38.2 Å². The standard InChI is InChI=1S/C29H27ClN2O5/c1-29(2,3)20-6-14-24(15-7-20)37-17-16-36-23-12-4-19(5-13-23)18-25-26(33)31-28(35)32(27(25)34)22-10-8-21(30)9-11-22/h4-15,18H,16-17H2,1-3H3,(H,31,33,35)/b25-18+. The number of rotatable bonds is 7. The minimum atomic E-state index is -0.814. The lowest BCUT2D eigenvalue weighted by Gasteiger charge is -2.26. The van der Waals surface area contributed by atoms with Gasteiger partial charge in [0.1, 0.15) is 30.3 Å². The zero-order valence-electron chi connectivity index (χ0n) is 20.8. The predicted octanol–water partition coefficient (Wildman–Crippen LogP) is 5.76. The van der Waals surface area contributed by atoms with Gasteiger partial charge in [0.05, 0.1) is 5.69 Å². The minimum absolute atomic E-state index is 0.0886. The van der Waals surface area contributed by atoms with Gasteiger partial charge in [-0.25, -0.2) is 9.69 Å². The van der Waals surface area contributed by atoms with Gasteiger partial charge in [-0.1, -0.05) is 56.6 Å². The number of urea groups is 1. The SMILES string of the molecule is CC(C)(C)c1ccc(OCCOc2ccc(/C=C3\C(=O)NC(=O)N(c4ccc(Cl)cc4)C3=O)cc2)cc1. The van der Waals surface area contributed by atoms with Crippen LogP contribution >= 0.6 is 11.6 Å². The number of hydrogen-bond donors (Lipinski definition) is 1. The van der Waals surface area contributed by atoms with Gasteiger partial charge >= 0.3 is 6.03 Å². The topological polar surface area (TPSA) is 84.9 Å². The van der Waals surface area contributed by atoms with Gasteiger partial charge in [-0.3, -0.25) is 14.9 Å². The number of hydrogen-bond acceptors (Lipinski definition) is 5. The average molecular weight is 519 g/mol. The predicted molar refractivity (Wildman–Crippen MR) is 143 cm³/mol. The first-order valence-electron chi connectivity index (χ1n) is 11.7. The fraction of sp³-hybridized carbons (Fsp3) is 0.207. The van der Waals surface area contributed by atoms with Gasteiger partial charge in [0, 0.05) is 5.02 Å². The number of ether oxygens (including phenoxy) is 2. The van der Waals surface area contributed by atoms with Crippen LogP contribution in [0, 0.1) is 0 Å². The van der Waals surface area contributed by atoms with Crippen molar-refractivity contribution in [3.8, 4) is 11.5 Å². The maximum absolute atomic E-state index is 13.0. The summed E-state index contributed by atoms with van der Waals surface area (Å²) in [5.41, 5.74) is 2.08. The summed E-state index contributed by atoms with van der Waals surface area (Å²) in [5, 5.41) is 2.66. The van der Waals surface area contributed by atoms with Crippen molar-refractivity contribution in [3.63, 3.8) is 0 Å². The Morgan fingerprint density at radius 1 is 0.811 bits per heavy atom. The minimum Gasteiger partial charge on any atom is -0.490 e. The van der Waals surface area contributed by atoms with E-state index in [0.29, 0.717) is 35.2 Å². The summed E-state index contributed by atoms with van der Waals surface area (Å²) >= 11 is 5.90. The third kappa shape index (κ3) is 6.37. The van der Waals surface area contributed by atoms with Crippen molar-refractivity contribution in [1.82, 2.24) is 5.32 Å². The van der Waals surface area contributed by atoms with Crippen molar-refractivity contribution < 1.29 is 23.9 Å². The molecule has 0 unspecified atom stereocenters. The molecule has 3 aromatic rings. The maximum atomic E-state index is 13.0. The molecule has 8 heteroatoms. The molecule has 7 nitrogen and oxygen atoms in total. The molecule has 1 aliphatic rings. The van der Waals surface area contributed by atoms with Crippen LogP contribution in [0.1, 0.15) is 31.9 Å². The summed E-state index contributed by atoms with van der Waals surface area (Å²) in [6.45, 7) is 7.22. The van der Waals surface area contributed by atoms with Gasteiger partial charge in [0.2, 0.25) is 0 Å². The van der Waals surface area contributed by atoms with Crippen LogP contribution in [0.3, 0.4) is 0 Å². The Hall–Kier alpha value is -4.10. The fourth-order valence-corrected chi connectivity index (χ4v) is 3.81. The van der Waals surface area contributed by atoms with Crippen molar-refractivity contribution in [3.05, 3.63) is 94.5 Å². The van der Waals surface area contributed by atoms with Crippen LogP contribution in [0.15, 0.2) is 78.4 Å². The van der Waals surface area contributed by atoms with Crippen LogP contribution in [0.5, 0.6) is 11.5 Å². The van der Waals surface area contributed by atoms with E-state index in [0.717, 1.165) is 10.6 Å². The van der Waals surface area contributed by atoms with Crippen LogP contribution in [0.25, 0.3) is 6.08 Å². The second-order valence-corrected chi connectivity index (χ2v) is 9.91. The Labute approximate surface area is 220 Å². The van der Waals surface area contributed by atoms with E-state index in [1.807, 2.05) is 12.1 Å². The van der Waals surface area contributed by atoms with Gasteiger partial charge in [-0.05, 0) is 71.1 Å². The Morgan fingerprint density at radius 2 is 1.35 bits per heavy atom. The third-order valence-electron chi connectivity index (χ3n) is 5.72. The van der Waals surface area contributed by atoms with Crippen molar-refractivity contribution in [1.29, 1.82) is 0 Å². The number of imide groups is 2. The number of anilines is 1. The van der Waals surface area contributed by atoms with Crippen LogP contribution in [-0.4, -0.2) is 31.1 Å².